The minimum absolute atomic E-state index is 0.0469. The molecule has 0 unspecified atom stereocenters. The molecular weight excluding hydrogens is 256 g/mol. The van der Waals surface area contributed by atoms with Crippen LogP contribution in [0.5, 0.6) is 0 Å². The van der Waals surface area contributed by atoms with E-state index in [1.807, 2.05) is 6.07 Å². The fraction of sp³-hybridized carbons (Fsp3) is 0.357. The quantitative estimate of drug-likeness (QED) is 0.668. The Hall–Kier alpha value is -2.21. The van der Waals surface area contributed by atoms with Crippen molar-refractivity contribution in [3.05, 3.63) is 40.6 Å². The van der Waals surface area contributed by atoms with Gasteiger partial charge in [-0.2, -0.15) is 0 Å². The van der Waals surface area contributed by atoms with Gasteiger partial charge in [-0.05, 0) is 31.0 Å². The van der Waals surface area contributed by atoms with Crippen molar-refractivity contribution in [3.63, 3.8) is 0 Å². The van der Waals surface area contributed by atoms with E-state index < -0.39 is 0 Å². The summed E-state index contributed by atoms with van der Waals surface area (Å²) in [5.41, 5.74) is 7.49. The first-order valence-electron chi connectivity index (χ1n) is 6.69. The Balaban J connectivity index is 2.12. The van der Waals surface area contributed by atoms with Crippen molar-refractivity contribution >= 4 is 22.3 Å². The lowest BCUT2D eigenvalue weighted by Gasteiger charge is -2.33. The molecule has 1 aliphatic heterocycles. The molecule has 2 aromatic rings. The molecule has 0 aliphatic carbocycles. The van der Waals surface area contributed by atoms with E-state index in [4.69, 9.17) is 5.73 Å². The second-order valence-corrected chi connectivity index (χ2v) is 5.11. The normalized spacial score (nSPS) is 19.2. The van der Waals surface area contributed by atoms with E-state index in [1.54, 1.807) is 18.3 Å². The Kier molecular flexibility index (Phi) is 3.23. The van der Waals surface area contributed by atoms with Crippen LogP contribution in [0.15, 0.2) is 30.5 Å². The summed E-state index contributed by atoms with van der Waals surface area (Å²) in [6.45, 7) is 1.71. The molecule has 2 heterocycles. The van der Waals surface area contributed by atoms with E-state index in [0.717, 1.165) is 37.0 Å². The molecule has 104 valence electrons. The predicted octanol–water partition coefficient (Wildman–Crippen LogP) is 2.07. The third-order valence-electron chi connectivity index (χ3n) is 3.72. The standard InChI is InChI=1S/C14H16N4O2/c15-10-3-2-8-17(9-10)12-5-6-13(18(19)20)14-11(12)4-1-7-16-14/h1,4-7,10H,2-3,8-9,15H2/t10-/m1/s1. The van der Waals surface area contributed by atoms with Gasteiger partial charge in [0.05, 0.1) is 4.92 Å². The third-order valence-corrected chi connectivity index (χ3v) is 3.72. The zero-order chi connectivity index (χ0) is 14.1. The van der Waals surface area contributed by atoms with Crippen molar-refractivity contribution in [1.82, 2.24) is 4.98 Å². The molecule has 0 saturated carbocycles. The van der Waals surface area contributed by atoms with Crippen LogP contribution in [0, 0.1) is 10.1 Å². The SMILES string of the molecule is N[C@@H]1CCCN(c2ccc([N+](=O)[O-])c3ncccc23)C1. The fourth-order valence-electron chi connectivity index (χ4n) is 2.79. The number of non-ortho nitro benzene ring substituents is 1. The van der Waals surface area contributed by atoms with Crippen LogP contribution < -0.4 is 10.6 Å². The van der Waals surface area contributed by atoms with Gasteiger partial charge in [0.1, 0.15) is 5.52 Å². The number of rotatable bonds is 2. The van der Waals surface area contributed by atoms with Gasteiger partial charge in [0, 0.05) is 42.5 Å². The van der Waals surface area contributed by atoms with Crippen molar-refractivity contribution in [2.75, 3.05) is 18.0 Å². The summed E-state index contributed by atoms with van der Waals surface area (Å²) in [6, 6.07) is 7.18. The lowest BCUT2D eigenvalue weighted by atomic mass is 10.0. The molecule has 1 aliphatic rings. The van der Waals surface area contributed by atoms with Crippen molar-refractivity contribution < 1.29 is 4.92 Å². The predicted molar refractivity (Wildman–Crippen MR) is 77.8 cm³/mol. The summed E-state index contributed by atoms with van der Waals surface area (Å²) in [5, 5.41) is 11.9. The van der Waals surface area contributed by atoms with E-state index in [9.17, 15) is 10.1 Å². The van der Waals surface area contributed by atoms with Crippen LogP contribution in [0.2, 0.25) is 0 Å². The Morgan fingerprint density at radius 2 is 2.25 bits per heavy atom. The summed E-state index contributed by atoms with van der Waals surface area (Å²) in [6.07, 6.45) is 3.65. The van der Waals surface area contributed by atoms with Gasteiger partial charge in [0.25, 0.3) is 5.69 Å². The van der Waals surface area contributed by atoms with Gasteiger partial charge in [0.15, 0.2) is 0 Å². The number of nitro groups is 1. The number of fused-ring (bicyclic) bond motifs is 1. The molecule has 1 atom stereocenters. The Labute approximate surface area is 116 Å². The first-order chi connectivity index (χ1) is 9.66. The largest absolute Gasteiger partial charge is 0.369 e. The second-order valence-electron chi connectivity index (χ2n) is 5.11. The molecule has 0 spiro atoms. The molecule has 20 heavy (non-hydrogen) atoms. The van der Waals surface area contributed by atoms with Gasteiger partial charge in [0.2, 0.25) is 0 Å². The summed E-state index contributed by atoms with van der Waals surface area (Å²) in [7, 11) is 0. The molecule has 3 rings (SSSR count). The number of aromatic nitrogens is 1. The maximum absolute atomic E-state index is 11.1. The molecule has 0 amide bonds. The van der Waals surface area contributed by atoms with E-state index >= 15 is 0 Å². The number of piperidine rings is 1. The molecule has 1 fully saturated rings. The van der Waals surface area contributed by atoms with Crippen LogP contribution in [0.3, 0.4) is 0 Å². The van der Waals surface area contributed by atoms with Crippen LogP contribution in [0.1, 0.15) is 12.8 Å². The van der Waals surface area contributed by atoms with E-state index in [0.29, 0.717) is 5.52 Å². The fourth-order valence-corrected chi connectivity index (χ4v) is 2.79. The van der Waals surface area contributed by atoms with Crippen molar-refractivity contribution in [3.8, 4) is 0 Å². The van der Waals surface area contributed by atoms with Crippen molar-refractivity contribution in [2.24, 2.45) is 5.73 Å². The Morgan fingerprint density at radius 1 is 1.40 bits per heavy atom. The highest BCUT2D eigenvalue weighted by molar-refractivity contribution is 5.97. The summed E-state index contributed by atoms with van der Waals surface area (Å²) in [5.74, 6) is 0. The highest BCUT2D eigenvalue weighted by Gasteiger charge is 2.22. The highest BCUT2D eigenvalue weighted by atomic mass is 16.6. The summed E-state index contributed by atoms with van der Waals surface area (Å²) in [4.78, 5) is 17.1. The van der Waals surface area contributed by atoms with Gasteiger partial charge in [-0.15, -0.1) is 0 Å². The first kappa shape index (κ1) is 12.8. The van der Waals surface area contributed by atoms with Crippen LogP contribution in [-0.4, -0.2) is 29.0 Å². The molecule has 1 aromatic heterocycles. The van der Waals surface area contributed by atoms with Crippen LogP contribution in [0.4, 0.5) is 11.4 Å². The van der Waals surface area contributed by atoms with Gasteiger partial charge in [-0.1, -0.05) is 0 Å². The molecule has 1 aromatic carbocycles. The maximum atomic E-state index is 11.1. The number of nitrogens with two attached hydrogens (primary N) is 1. The van der Waals surface area contributed by atoms with Gasteiger partial charge in [-0.3, -0.25) is 10.1 Å². The third kappa shape index (κ3) is 2.18. The number of hydrogen-bond donors (Lipinski definition) is 1. The zero-order valence-electron chi connectivity index (χ0n) is 11.0. The topological polar surface area (TPSA) is 85.3 Å². The maximum Gasteiger partial charge on any atom is 0.295 e. The van der Waals surface area contributed by atoms with Gasteiger partial charge in [-0.25, -0.2) is 4.98 Å². The monoisotopic (exact) mass is 272 g/mol. The van der Waals surface area contributed by atoms with E-state index in [2.05, 4.69) is 9.88 Å². The molecule has 0 bridgehead atoms. The number of hydrogen-bond acceptors (Lipinski definition) is 5. The number of benzene rings is 1. The molecule has 2 N–H and O–H groups in total. The molecular formula is C14H16N4O2. The lowest BCUT2D eigenvalue weighted by Crippen LogP contribution is -2.42. The molecule has 1 saturated heterocycles. The smallest absolute Gasteiger partial charge is 0.295 e. The second kappa shape index (κ2) is 5.05. The minimum Gasteiger partial charge on any atom is -0.369 e. The lowest BCUT2D eigenvalue weighted by molar-refractivity contribution is -0.383. The van der Waals surface area contributed by atoms with Crippen molar-refractivity contribution in [2.45, 2.75) is 18.9 Å². The summed E-state index contributed by atoms with van der Waals surface area (Å²) >= 11 is 0. The zero-order valence-corrected chi connectivity index (χ0v) is 11.0. The molecule has 0 radical (unpaired) electrons. The minimum atomic E-state index is -0.388. The Morgan fingerprint density at radius 3 is 3.00 bits per heavy atom. The van der Waals surface area contributed by atoms with E-state index in [-0.39, 0.29) is 16.7 Å². The first-order valence-corrected chi connectivity index (χ1v) is 6.69. The number of pyridine rings is 1. The number of nitrogens with zero attached hydrogens (tertiary/aromatic N) is 3. The Bertz CT molecular complexity index is 659. The van der Waals surface area contributed by atoms with E-state index in [1.165, 1.54) is 6.07 Å². The van der Waals surface area contributed by atoms with Crippen molar-refractivity contribution in [1.29, 1.82) is 0 Å². The van der Waals surface area contributed by atoms with Gasteiger partial charge >= 0.3 is 0 Å². The van der Waals surface area contributed by atoms with Crippen LogP contribution >= 0.6 is 0 Å². The highest BCUT2D eigenvalue weighted by Crippen LogP contribution is 2.33. The average molecular weight is 272 g/mol. The number of anilines is 1. The van der Waals surface area contributed by atoms with Crippen LogP contribution in [0.25, 0.3) is 10.9 Å². The summed E-state index contributed by atoms with van der Waals surface area (Å²) < 4.78 is 0. The number of nitro benzene ring substituents is 1. The molecule has 6 heteroatoms. The van der Waals surface area contributed by atoms with Gasteiger partial charge < -0.3 is 10.6 Å². The molecule has 6 nitrogen and oxygen atoms in total. The average Bonchev–Trinajstić information content (AvgIpc) is 2.46. The van der Waals surface area contributed by atoms with Crippen LogP contribution in [-0.2, 0) is 0 Å².